The number of rotatable bonds is 6. The van der Waals surface area contributed by atoms with Crippen LogP contribution in [0.3, 0.4) is 0 Å². The number of halogens is 3. The molecule has 2 rings (SSSR count). The number of nitrogens with zero attached hydrogens (tertiary/aromatic N) is 2. The Hall–Kier alpha value is -2.57. The molecule has 0 atom stereocenters. The van der Waals surface area contributed by atoms with Gasteiger partial charge in [0.2, 0.25) is 0 Å². The molecule has 0 aliphatic carbocycles. The van der Waals surface area contributed by atoms with Crippen LogP contribution in [0.4, 0.5) is 18.9 Å². The second-order valence-corrected chi connectivity index (χ2v) is 5.60. The Morgan fingerprint density at radius 3 is 2.73 bits per heavy atom. The summed E-state index contributed by atoms with van der Waals surface area (Å²) in [6.45, 7) is 3.87. The fourth-order valence-corrected chi connectivity index (χ4v) is 2.34. The van der Waals surface area contributed by atoms with Gasteiger partial charge >= 0.3 is 6.18 Å². The zero-order valence-electron chi connectivity index (χ0n) is 14.0. The minimum atomic E-state index is -4.46. The van der Waals surface area contributed by atoms with Crippen molar-refractivity contribution in [2.24, 2.45) is 0 Å². The lowest BCUT2D eigenvalue weighted by Crippen LogP contribution is -2.41. The molecule has 1 aliphatic rings. The summed E-state index contributed by atoms with van der Waals surface area (Å²) in [6.07, 6.45) is -3.37. The number of carbonyl (C=O) groups excluding carboxylic acids is 1. The van der Waals surface area contributed by atoms with Gasteiger partial charge in [-0.1, -0.05) is 6.07 Å². The van der Waals surface area contributed by atoms with Crippen LogP contribution in [0, 0.1) is 11.3 Å². The van der Waals surface area contributed by atoms with Crippen molar-refractivity contribution >= 4 is 11.6 Å². The van der Waals surface area contributed by atoms with E-state index in [1.54, 1.807) is 6.07 Å². The Kier molecular flexibility index (Phi) is 7.00. The largest absolute Gasteiger partial charge is 0.416 e. The van der Waals surface area contributed by atoms with E-state index in [-0.39, 0.29) is 11.3 Å². The van der Waals surface area contributed by atoms with Gasteiger partial charge in [0.25, 0.3) is 5.91 Å². The number of alkyl halides is 3. The summed E-state index contributed by atoms with van der Waals surface area (Å²) >= 11 is 0. The number of anilines is 1. The second kappa shape index (κ2) is 9.22. The van der Waals surface area contributed by atoms with Crippen LogP contribution in [0.2, 0.25) is 0 Å². The lowest BCUT2D eigenvalue weighted by molar-refractivity contribution is -0.137. The van der Waals surface area contributed by atoms with Crippen molar-refractivity contribution in [2.75, 3.05) is 44.7 Å². The number of nitriles is 1. The first kappa shape index (κ1) is 19.8. The Balaban J connectivity index is 1.88. The summed E-state index contributed by atoms with van der Waals surface area (Å²) in [6, 6.07) is 6.24. The molecule has 1 fully saturated rings. The van der Waals surface area contributed by atoms with Crippen molar-refractivity contribution in [1.29, 1.82) is 5.26 Å². The Morgan fingerprint density at radius 2 is 2.08 bits per heavy atom. The molecule has 26 heavy (non-hydrogen) atoms. The smallest absolute Gasteiger partial charge is 0.379 e. The fourth-order valence-electron chi connectivity index (χ4n) is 2.34. The first-order valence-corrected chi connectivity index (χ1v) is 8.02. The van der Waals surface area contributed by atoms with Gasteiger partial charge in [0.15, 0.2) is 0 Å². The van der Waals surface area contributed by atoms with Gasteiger partial charge in [-0.25, -0.2) is 0 Å². The van der Waals surface area contributed by atoms with Crippen LogP contribution in [0.5, 0.6) is 0 Å². The number of nitrogens with one attached hydrogen (secondary N) is 2. The quantitative estimate of drug-likeness (QED) is 0.593. The maximum atomic E-state index is 12.7. The van der Waals surface area contributed by atoms with E-state index in [0.29, 0.717) is 26.3 Å². The van der Waals surface area contributed by atoms with Gasteiger partial charge in [-0.2, -0.15) is 18.4 Å². The van der Waals surface area contributed by atoms with Crippen LogP contribution in [0.15, 0.2) is 36.0 Å². The third-order valence-corrected chi connectivity index (χ3v) is 3.76. The van der Waals surface area contributed by atoms with E-state index in [1.165, 1.54) is 12.1 Å². The van der Waals surface area contributed by atoms with Gasteiger partial charge in [-0.3, -0.25) is 9.69 Å². The summed E-state index contributed by atoms with van der Waals surface area (Å²) < 4.78 is 43.3. The number of amides is 1. The molecule has 1 heterocycles. The first-order chi connectivity index (χ1) is 12.4. The van der Waals surface area contributed by atoms with E-state index in [4.69, 9.17) is 10.00 Å². The summed E-state index contributed by atoms with van der Waals surface area (Å²) in [7, 11) is 0. The Labute approximate surface area is 149 Å². The first-order valence-electron chi connectivity index (χ1n) is 8.02. The highest BCUT2D eigenvalue weighted by atomic mass is 19.4. The van der Waals surface area contributed by atoms with E-state index < -0.39 is 17.6 Å². The summed E-state index contributed by atoms with van der Waals surface area (Å²) in [5.41, 5.74) is -0.901. The summed E-state index contributed by atoms with van der Waals surface area (Å²) in [5, 5.41) is 14.3. The van der Waals surface area contributed by atoms with Crippen molar-refractivity contribution < 1.29 is 22.7 Å². The number of morpholine rings is 1. The molecule has 140 valence electrons. The molecule has 1 aliphatic heterocycles. The summed E-state index contributed by atoms with van der Waals surface area (Å²) in [5.74, 6) is -0.583. The minimum Gasteiger partial charge on any atom is -0.379 e. The van der Waals surface area contributed by atoms with Gasteiger partial charge in [0.05, 0.1) is 18.8 Å². The predicted molar refractivity (Wildman–Crippen MR) is 89.0 cm³/mol. The fraction of sp³-hybridized carbons (Fsp3) is 0.412. The third kappa shape index (κ3) is 6.06. The van der Waals surface area contributed by atoms with Gasteiger partial charge in [-0.15, -0.1) is 0 Å². The molecular formula is C17H19F3N4O2. The van der Waals surface area contributed by atoms with Crippen LogP contribution in [0.25, 0.3) is 0 Å². The molecule has 1 aromatic rings. The molecule has 2 N–H and O–H groups in total. The van der Waals surface area contributed by atoms with E-state index in [0.717, 1.165) is 31.4 Å². The van der Waals surface area contributed by atoms with E-state index in [9.17, 15) is 18.0 Å². The molecule has 1 aromatic carbocycles. The third-order valence-electron chi connectivity index (χ3n) is 3.76. The highest BCUT2D eigenvalue weighted by Crippen LogP contribution is 2.30. The predicted octanol–water partition coefficient (Wildman–Crippen LogP) is 1.97. The minimum absolute atomic E-state index is 0.133. The van der Waals surface area contributed by atoms with Crippen LogP contribution < -0.4 is 10.6 Å². The van der Waals surface area contributed by atoms with Crippen LogP contribution >= 0.6 is 0 Å². The van der Waals surface area contributed by atoms with E-state index in [1.807, 2.05) is 0 Å². The zero-order valence-corrected chi connectivity index (χ0v) is 14.0. The monoisotopic (exact) mass is 368 g/mol. The molecule has 6 nitrogen and oxygen atoms in total. The standard InChI is InChI=1S/C17H19F3N4O2/c18-17(19,20)14-2-1-3-15(10-14)23-12-13(11-21)16(25)22-4-5-24-6-8-26-9-7-24/h1-3,10,12,23H,4-9H2,(H,22,25)/b13-12-. The van der Waals surface area contributed by atoms with Crippen molar-refractivity contribution in [1.82, 2.24) is 10.2 Å². The SMILES string of the molecule is N#C/C(=C/Nc1cccc(C(F)(F)F)c1)C(=O)NCCN1CCOCC1. The van der Waals surface area contributed by atoms with Gasteiger partial charge < -0.3 is 15.4 Å². The molecule has 0 aromatic heterocycles. The normalized spacial score (nSPS) is 16.0. The van der Waals surface area contributed by atoms with E-state index >= 15 is 0 Å². The highest BCUT2D eigenvalue weighted by molar-refractivity contribution is 5.97. The molecule has 1 amide bonds. The van der Waals surface area contributed by atoms with Crippen molar-refractivity contribution in [3.05, 3.63) is 41.6 Å². The van der Waals surface area contributed by atoms with Crippen molar-refractivity contribution in [3.63, 3.8) is 0 Å². The number of hydrogen-bond donors (Lipinski definition) is 2. The maximum Gasteiger partial charge on any atom is 0.416 e. The molecule has 0 saturated carbocycles. The number of carbonyl (C=O) groups is 1. The van der Waals surface area contributed by atoms with Crippen molar-refractivity contribution in [3.8, 4) is 6.07 Å². The molecule has 0 bridgehead atoms. The van der Waals surface area contributed by atoms with Crippen LogP contribution in [0.1, 0.15) is 5.56 Å². The molecule has 0 spiro atoms. The average Bonchev–Trinajstić information content (AvgIpc) is 2.63. The van der Waals surface area contributed by atoms with E-state index in [2.05, 4.69) is 15.5 Å². The highest BCUT2D eigenvalue weighted by Gasteiger charge is 2.30. The zero-order chi connectivity index (χ0) is 19.0. The molecule has 0 unspecified atom stereocenters. The van der Waals surface area contributed by atoms with Crippen molar-refractivity contribution in [2.45, 2.75) is 6.18 Å². The van der Waals surface area contributed by atoms with Gasteiger partial charge in [0, 0.05) is 38.1 Å². The van der Waals surface area contributed by atoms with Crippen LogP contribution in [-0.4, -0.2) is 50.2 Å². The molecule has 9 heteroatoms. The summed E-state index contributed by atoms with van der Waals surface area (Å²) in [4.78, 5) is 14.1. The second-order valence-electron chi connectivity index (χ2n) is 5.60. The van der Waals surface area contributed by atoms with Gasteiger partial charge in [-0.05, 0) is 18.2 Å². The van der Waals surface area contributed by atoms with Crippen LogP contribution in [-0.2, 0) is 15.7 Å². The Bertz CT molecular complexity index is 692. The maximum absolute atomic E-state index is 12.7. The number of ether oxygens (including phenoxy) is 1. The molecule has 0 radical (unpaired) electrons. The number of benzene rings is 1. The average molecular weight is 368 g/mol. The lowest BCUT2D eigenvalue weighted by Gasteiger charge is -2.26. The lowest BCUT2D eigenvalue weighted by atomic mass is 10.2. The molecular weight excluding hydrogens is 349 g/mol. The molecule has 1 saturated heterocycles. The topological polar surface area (TPSA) is 77.4 Å². The number of hydrogen-bond acceptors (Lipinski definition) is 5. The Morgan fingerprint density at radius 1 is 1.35 bits per heavy atom. The van der Waals surface area contributed by atoms with Gasteiger partial charge in [0.1, 0.15) is 11.6 Å².